The summed E-state index contributed by atoms with van der Waals surface area (Å²) in [5.41, 5.74) is 4.84. The molecule has 23 heavy (non-hydrogen) atoms. The molecule has 0 saturated heterocycles. The van der Waals surface area contributed by atoms with Crippen LogP contribution in [0, 0.1) is 13.8 Å². The van der Waals surface area contributed by atoms with Crippen LogP contribution < -0.4 is 5.32 Å². The van der Waals surface area contributed by atoms with Crippen molar-refractivity contribution >= 4 is 23.0 Å². The van der Waals surface area contributed by atoms with E-state index in [0.717, 1.165) is 36.7 Å². The van der Waals surface area contributed by atoms with Crippen LogP contribution in [0.5, 0.6) is 0 Å². The number of benzene rings is 2. The molecule has 0 aliphatic rings. The second kappa shape index (κ2) is 8.68. The zero-order valence-electron chi connectivity index (χ0n) is 14.3. The van der Waals surface area contributed by atoms with E-state index in [4.69, 9.17) is 12.2 Å². The number of aryl methyl sites for hydroxylation is 2. The third-order valence-corrected chi connectivity index (χ3v) is 4.28. The molecule has 3 heteroatoms. The quantitative estimate of drug-likeness (QED) is 0.725. The van der Waals surface area contributed by atoms with Gasteiger partial charge in [-0.2, -0.15) is 0 Å². The van der Waals surface area contributed by atoms with E-state index in [2.05, 4.69) is 73.5 Å². The van der Waals surface area contributed by atoms with Gasteiger partial charge in [-0.05, 0) is 55.2 Å². The van der Waals surface area contributed by atoms with Gasteiger partial charge in [-0.25, -0.2) is 0 Å². The van der Waals surface area contributed by atoms with Gasteiger partial charge in [-0.15, -0.1) is 0 Å². The highest BCUT2D eigenvalue weighted by Crippen LogP contribution is 2.18. The van der Waals surface area contributed by atoms with Crippen LogP contribution in [0.1, 0.15) is 36.5 Å². The second-order valence-corrected chi connectivity index (χ2v) is 6.40. The van der Waals surface area contributed by atoms with Crippen LogP contribution >= 0.6 is 12.2 Å². The number of nitrogens with zero attached hydrogens (tertiary/aromatic N) is 1. The van der Waals surface area contributed by atoms with E-state index in [0.29, 0.717) is 0 Å². The molecule has 2 aromatic rings. The molecule has 0 aromatic heterocycles. The average Bonchev–Trinajstić information content (AvgIpc) is 2.55. The fourth-order valence-electron chi connectivity index (χ4n) is 2.47. The minimum absolute atomic E-state index is 0.802. The maximum atomic E-state index is 5.69. The fourth-order valence-corrected chi connectivity index (χ4v) is 2.74. The third kappa shape index (κ3) is 5.36. The van der Waals surface area contributed by atoms with Gasteiger partial charge in [-0.1, -0.05) is 55.8 Å². The van der Waals surface area contributed by atoms with Crippen LogP contribution in [0.4, 0.5) is 5.69 Å². The number of nitrogens with one attached hydrogen (secondary N) is 1. The van der Waals surface area contributed by atoms with Gasteiger partial charge in [0, 0.05) is 18.8 Å². The first kappa shape index (κ1) is 17.5. The predicted octanol–water partition coefficient (Wildman–Crippen LogP) is 5.30. The molecule has 0 aliphatic heterocycles. The van der Waals surface area contributed by atoms with Gasteiger partial charge in [0.25, 0.3) is 0 Å². The minimum Gasteiger partial charge on any atom is -0.345 e. The van der Waals surface area contributed by atoms with Crippen LogP contribution in [-0.4, -0.2) is 16.6 Å². The summed E-state index contributed by atoms with van der Waals surface area (Å²) in [5, 5.41) is 4.24. The molecule has 0 bridgehead atoms. The molecule has 1 N–H and O–H groups in total. The van der Waals surface area contributed by atoms with Gasteiger partial charge in [-0.3, -0.25) is 0 Å². The Morgan fingerprint density at radius 1 is 1.09 bits per heavy atom. The summed E-state index contributed by atoms with van der Waals surface area (Å²) in [5.74, 6) is 0. The number of thiocarbonyl (C=S) groups is 1. The summed E-state index contributed by atoms with van der Waals surface area (Å²) in [6, 6.07) is 16.9. The van der Waals surface area contributed by atoms with Crippen molar-refractivity contribution in [2.75, 3.05) is 11.9 Å². The second-order valence-electron chi connectivity index (χ2n) is 6.01. The number of rotatable bonds is 6. The number of hydrogen-bond donors (Lipinski definition) is 1. The van der Waals surface area contributed by atoms with Crippen molar-refractivity contribution in [3.05, 3.63) is 65.2 Å². The molecule has 0 spiro atoms. The summed E-state index contributed by atoms with van der Waals surface area (Å²) in [6.45, 7) is 8.24. The van der Waals surface area contributed by atoms with Gasteiger partial charge < -0.3 is 10.2 Å². The Morgan fingerprint density at radius 2 is 1.83 bits per heavy atom. The monoisotopic (exact) mass is 326 g/mol. The van der Waals surface area contributed by atoms with Gasteiger partial charge in [0.05, 0.1) is 0 Å². The molecule has 2 rings (SSSR count). The zero-order chi connectivity index (χ0) is 16.7. The van der Waals surface area contributed by atoms with Crippen LogP contribution in [0.15, 0.2) is 48.5 Å². The number of anilines is 1. The van der Waals surface area contributed by atoms with Crippen molar-refractivity contribution in [3.8, 4) is 0 Å². The van der Waals surface area contributed by atoms with Crippen molar-refractivity contribution < 1.29 is 0 Å². The minimum atomic E-state index is 0.802. The first-order valence-corrected chi connectivity index (χ1v) is 8.68. The van der Waals surface area contributed by atoms with Crippen LogP contribution in [0.3, 0.4) is 0 Å². The van der Waals surface area contributed by atoms with Gasteiger partial charge in [0.2, 0.25) is 0 Å². The van der Waals surface area contributed by atoms with Crippen molar-refractivity contribution in [2.45, 2.75) is 40.2 Å². The lowest BCUT2D eigenvalue weighted by molar-refractivity contribution is 0.408. The summed E-state index contributed by atoms with van der Waals surface area (Å²) < 4.78 is 0. The first-order chi connectivity index (χ1) is 11.1. The SMILES string of the molecule is CCCCN(Cc1ccccc1)C(=S)Nc1cc(C)ccc1C. The summed E-state index contributed by atoms with van der Waals surface area (Å²) in [4.78, 5) is 2.26. The summed E-state index contributed by atoms with van der Waals surface area (Å²) in [7, 11) is 0. The van der Waals surface area contributed by atoms with E-state index < -0.39 is 0 Å². The van der Waals surface area contributed by atoms with E-state index in [9.17, 15) is 0 Å². The lowest BCUT2D eigenvalue weighted by Gasteiger charge is -2.26. The van der Waals surface area contributed by atoms with Crippen LogP contribution in [0.2, 0.25) is 0 Å². The largest absolute Gasteiger partial charge is 0.345 e. The molecule has 2 aromatic carbocycles. The van der Waals surface area contributed by atoms with E-state index in [1.54, 1.807) is 0 Å². The topological polar surface area (TPSA) is 15.3 Å². The Labute approximate surface area is 145 Å². The maximum Gasteiger partial charge on any atom is 0.173 e. The number of unbranched alkanes of at least 4 members (excludes halogenated alkanes) is 1. The van der Waals surface area contributed by atoms with Crippen molar-refractivity contribution in [3.63, 3.8) is 0 Å². The van der Waals surface area contributed by atoms with Crippen LogP contribution in [0.25, 0.3) is 0 Å². The average molecular weight is 327 g/mol. The summed E-state index contributed by atoms with van der Waals surface area (Å²) >= 11 is 5.69. The first-order valence-electron chi connectivity index (χ1n) is 8.27. The molecule has 0 heterocycles. The molecule has 0 amide bonds. The van der Waals surface area contributed by atoms with Gasteiger partial charge in [0.1, 0.15) is 0 Å². The molecule has 0 aliphatic carbocycles. The molecule has 122 valence electrons. The van der Waals surface area contributed by atoms with Crippen molar-refractivity contribution in [1.82, 2.24) is 4.90 Å². The highest BCUT2D eigenvalue weighted by atomic mass is 32.1. The molecule has 0 atom stereocenters. The molecule has 0 radical (unpaired) electrons. The van der Waals surface area contributed by atoms with Gasteiger partial charge >= 0.3 is 0 Å². The Kier molecular flexibility index (Phi) is 6.60. The highest BCUT2D eigenvalue weighted by molar-refractivity contribution is 7.80. The molecule has 2 nitrogen and oxygen atoms in total. The Balaban J connectivity index is 2.11. The van der Waals surface area contributed by atoms with E-state index in [1.165, 1.54) is 16.7 Å². The normalized spacial score (nSPS) is 10.4. The van der Waals surface area contributed by atoms with Crippen molar-refractivity contribution in [1.29, 1.82) is 0 Å². The lowest BCUT2D eigenvalue weighted by Crippen LogP contribution is -2.35. The van der Waals surface area contributed by atoms with E-state index >= 15 is 0 Å². The molecular weight excluding hydrogens is 300 g/mol. The third-order valence-electron chi connectivity index (χ3n) is 3.92. The zero-order valence-corrected chi connectivity index (χ0v) is 15.1. The Morgan fingerprint density at radius 3 is 2.52 bits per heavy atom. The Bertz CT molecular complexity index is 637. The number of hydrogen-bond acceptors (Lipinski definition) is 1. The van der Waals surface area contributed by atoms with E-state index in [1.807, 2.05) is 6.07 Å². The smallest absolute Gasteiger partial charge is 0.173 e. The molecule has 0 fully saturated rings. The molecule has 0 unspecified atom stereocenters. The predicted molar refractivity (Wildman–Crippen MR) is 104 cm³/mol. The molecular formula is C20H26N2S. The maximum absolute atomic E-state index is 5.69. The van der Waals surface area contributed by atoms with Crippen LogP contribution in [-0.2, 0) is 6.54 Å². The van der Waals surface area contributed by atoms with E-state index in [-0.39, 0.29) is 0 Å². The lowest BCUT2D eigenvalue weighted by atomic mass is 10.1. The highest BCUT2D eigenvalue weighted by Gasteiger charge is 2.11. The van der Waals surface area contributed by atoms with Crippen molar-refractivity contribution in [2.24, 2.45) is 0 Å². The summed E-state index contributed by atoms with van der Waals surface area (Å²) in [6.07, 6.45) is 2.30. The van der Waals surface area contributed by atoms with Gasteiger partial charge in [0.15, 0.2) is 5.11 Å². The molecule has 0 saturated carbocycles. The Hall–Kier alpha value is -1.87. The fraction of sp³-hybridized carbons (Fsp3) is 0.350. The standard InChI is InChI=1S/C20H26N2S/c1-4-5-13-22(15-18-9-7-6-8-10-18)20(23)21-19-14-16(2)11-12-17(19)3/h6-12,14H,4-5,13,15H2,1-3H3,(H,21,23).